The topological polar surface area (TPSA) is 114 Å². The third-order valence-corrected chi connectivity index (χ3v) is 4.52. The number of carboxylic acid groups (broad SMARTS) is 1. The SMILES string of the molecule is O=C(O)c1ccc(Cl)c(S(=O)(=O)NCCn2ccnn2)c1. The Morgan fingerprint density at radius 2 is 2.19 bits per heavy atom. The zero-order valence-electron chi connectivity index (χ0n) is 10.6. The highest BCUT2D eigenvalue weighted by molar-refractivity contribution is 7.89. The van der Waals surface area contributed by atoms with Gasteiger partial charge in [0.15, 0.2) is 0 Å². The molecule has 1 heterocycles. The number of hydrogen-bond acceptors (Lipinski definition) is 5. The van der Waals surface area contributed by atoms with Gasteiger partial charge in [0.2, 0.25) is 10.0 Å². The smallest absolute Gasteiger partial charge is 0.335 e. The van der Waals surface area contributed by atoms with Crippen LogP contribution in [0.1, 0.15) is 10.4 Å². The summed E-state index contributed by atoms with van der Waals surface area (Å²) in [4.78, 5) is 10.6. The molecule has 0 aliphatic heterocycles. The molecule has 0 atom stereocenters. The van der Waals surface area contributed by atoms with Crippen LogP contribution in [0, 0.1) is 0 Å². The number of hydrogen-bond donors (Lipinski definition) is 2. The highest BCUT2D eigenvalue weighted by Crippen LogP contribution is 2.22. The standard InChI is InChI=1S/C11H11ClN4O4S/c12-9-2-1-8(11(17)18)7-10(9)21(19,20)14-4-6-16-5-3-13-15-16/h1-3,5,7,14H,4,6H2,(H,17,18). The number of benzene rings is 1. The number of aromatic nitrogens is 3. The van der Waals surface area contributed by atoms with Crippen molar-refractivity contribution >= 4 is 27.6 Å². The van der Waals surface area contributed by atoms with Gasteiger partial charge < -0.3 is 5.11 Å². The molecule has 0 aliphatic carbocycles. The molecule has 0 unspecified atom stereocenters. The van der Waals surface area contributed by atoms with Crippen molar-refractivity contribution < 1.29 is 18.3 Å². The number of nitrogens with one attached hydrogen (secondary N) is 1. The molecule has 2 rings (SSSR count). The molecular weight excluding hydrogens is 320 g/mol. The first-order chi connectivity index (χ1) is 9.90. The van der Waals surface area contributed by atoms with Crippen molar-refractivity contribution in [3.05, 3.63) is 41.2 Å². The predicted molar refractivity (Wildman–Crippen MR) is 73.6 cm³/mol. The molecule has 0 amide bonds. The maximum atomic E-state index is 12.1. The first kappa shape index (κ1) is 15.4. The van der Waals surface area contributed by atoms with E-state index < -0.39 is 16.0 Å². The Morgan fingerprint density at radius 3 is 2.81 bits per heavy atom. The van der Waals surface area contributed by atoms with Gasteiger partial charge in [0.1, 0.15) is 4.90 Å². The second-order valence-corrected chi connectivity index (χ2v) is 6.16. The van der Waals surface area contributed by atoms with Gasteiger partial charge in [-0.1, -0.05) is 16.8 Å². The summed E-state index contributed by atoms with van der Waals surface area (Å²) in [6, 6.07) is 3.48. The fourth-order valence-electron chi connectivity index (χ4n) is 1.57. The minimum absolute atomic E-state index is 0.0479. The van der Waals surface area contributed by atoms with Gasteiger partial charge in [-0.05, 0) is 18.2 Å². The van der Waals surface area contributed by atoms with E-state index >= 15 is 0 Å². The van der Waals surface area contributed by atoms with Crippen LogP contribution in [0.5, 0.6) is 0 Å². The van der Waals surface area contributed by atoms with E-state index in [4.69, 9.17) is 16.7 Å². The molecule has 0 saturated heterocycles. The Labute approximate surface area is 125 Å². The summed E-state index contributed by atoms with van der Waals surface area (Å²) in [6.45, 7) is 0.356. The summed E-state index contributed by atoms with van der Waals surface area (Å²) >= 11 is 5.82. The lowest BCUT2D eigenvalue weighted by molar-refractivity contribution is 0.0696. The maximum absolute atomic E-state index is 12.1. The summed E-state index contributed by atoms with van der Waals surface area (Å²) in [7, 11) is -3.91. The molecule has 0 radical (unpaired) electrons. The van der Waals surface area contributed by atoms with Crippen LogP contribution in [0.25, 0.3) is 0 Å². The van der Waals surface area contributed by atoms with Crippen molar-refractivity contribution in [1.82, 2.24) is 19.7 Å². The van der Waals surface area contributed by atoms with E-state index in [0.717, 1.165) is 6.07 Å². The summed E-state index contributed by atoms with van der Waals surface area (Å²) in [5, 5.41) is 16.1. The molecule has 0 saturated carbocycles. The summed E-state index contributed by atoms with van der Waals surface area (Å²) in [5.41, 5.74) is -0.156. The first-order valence-corrected chi connectivity index (χ1v) is 7.63. The highest BCUT2D eigenvalue weighted by atomic mass is 35.5. The van der Waals surface area contributed by atoms with Gasteiger partial charge in [-0.25, -0.2) is 17.9 Å². The zero-order chi connectivity index (χ0) is 15.5. The van der Waals surface area contributed by atoms with Crippen LogP contribution in [-0.4, -0.2) is 41.0 Å². The number of nitrogens with zero attached hydrogens (tertiary/aromatic N) is 3. The molecule has 2 aromatic rings. The minimum Gasteiger partial charge on any atom is -0.478 e. The van der Waals surface area contributed by atoms with Crippen LogP contribution in [0.2, 0.25) is 5.02 Å². The molecule has 112 valence electrons. The van der Waals surface area contributed by atoms with Gasteiger partial charge in [0.25, 0.3) is 0 Å². The monoisotopic (exact) mass is 330 g/mol. The van der Waals surface area contributed by atoms with Crippen molar-refractivity contribution in [3.63, 3.8) is 0 Å². The van der Waals surface area contributed by atoms with Crippen molar-refractivity contribution in [2.75, 3.05) is 6.54 Å². The van der Waals surface area contributed by atoms with E-state index in [1.165, 1.54) is 23.0 Å². The molecule has 2 N–H and O–H groups in total. The van der Waals surface area contributed by atoms with Gasteiger partial charge in [0, 0.05) is 12.7 Å². The van der Waals surface area contributed by atoms with E-state index in [1.54, 1.807) is 6.20 Å². The van der Waals surface area contributed by atoms with Crippen molar-refractivity contribution in [1.29, 1.82) is 0 Å². The second kappa shape index (κ2) is 6.20. The van der Waals surface area contributed by atoms with E-state index in [-0.39, 0.29) is 28.6 Å². The van der Waals surface area contributed by atoms with Gasteiger partial charge >= 0.3 is 5.97 Å². The van der Waals surface area contributed by atoms with Gasteiger partial charge in [-0.2, -0.15) is 0 Å². The Balaban J connectivity index is 2.15. The molecule has 0 fully saturated rings. The average molecular weight is 331 g/mol. The molecule has 0 spiro atoms. The van der Waals surface area contributed by atoms with Crippen molar-refractivity contribution in [2.24, 2.45) is 0 Å². The van der Waals surface area contributed by atoms with Crippen molar-refractivity contribution in [2.45, 2.75) is 11.4 Å². The number of carbonyl (C=O) groups is 1. The lowest BCUT2D eigenvalue weighted by Crippen LogP contribution is -2.28. The number of aromatic carboxylic acids is 1. The van der Waals surface area contributed by atoms with Gasteiger partial charge in [-0.3, -0.25) is 4.68 Å². The van der Waals surface area contributed by atoms with Crippen LogP contribution in [-0.2, 0) is 16.6 Å². The lowest BCUT2D eigenvalue weighted by atomic mass is 10.2. The second-order valence-electron chi connectivity index (χ2n) is 4.01. The van der Waals surface area contributed by atoms with Crippen LogP contribution < -0.4 is 4.72 Å². The first-order valence-electron chi connectivity index (χ1n) is 5.77. The van der Waals surface area contributed by atoms with Crippen LogP contribution >= 0.6 is 11.6 Å². The molecule has 1 aromatic carbocycles. The predicted octanol–water partition coefficient (Wildman–Crippen LogP) is 0.608. The number of sulfonamides is 1. The van der Waals surface area contributed by atoms with Crippen LogP contribution in [0.3, 0.4) is 0 Å². The highest BCUT2D eigenvalue weighted by Gasteiger charge is 2.19. The third kappa shape index (κ3) is 3.78. The summed E-state index contributed by atoms with van der Waals surface area (Å²) < 4.78 is 28.0. The van der Waals surface area contributed by atoms with Crippen LogP contribution in [0.15, 0.2) is 35.5 Å². The molecule has 10 heteroatoms. The fourth-order valence-corrected chi connectivity index (χ4v) is 3.11. The molecule has 1 aromatic heterocycles. The number of rotatable bonds is 6. The molecule has 21 heavy (non-hydrogen) atoms. The van der Waals surface area contributed by atoms with Gasteiger partial charge in [-0.15, -0.1) is 5.10 Å². The van der Waals surface area contributed by atoms with E-state index in [0.29, 0.717) is 0 Å². The fraction of sp³-hybridized carbons (Fsp3) is 0.182. The van der Waals surface area contributed by atoms with Crippen molar-refractivity contribution in [3.8, 4) is 0 Å². The summed E-state index contributed by atoms with van der Waals surface area (Å²) in [5.74, 6) is -1.23. The molecule has 0 bridgehead atoms. The quantitative estimate of drug-likeness (QED) is 0.802. The van der Waals surface area contributed by atoms with Crippen LogP contribution in [0.4, 0.5) is 0 Å². The largest absolute Gasteiger partial charge is 0.478 e. The maximum Gasteiger partial charge on any atom is 0.335 e. The molecular formula is C11H11ClN4O4S. The lowest BCUT2D eigenvalue weighted by Gasteiger charge is -2.09. The Kier molecular flexibility index (Phi) is 4.56. The molecule has 0 aliphatic rings. The Bertz CT molecular complexity index is 746. The number of carboxylic acids is 1. The Hall–Kier alpha value is -1.97. The Morgan fingerprint density at radius 1 is 1.43 bits per heavy atom. The average Bonchev–Trinajstić information content (AvgIpc) is 2.91. The third-order valence-electron chi connectivity index (χ3n) is 2.57. The summed E-state index contributed by atoms with van der Waals surface area (Å²) in [6.07, 6.45) is 3.06. The molecule has 8 nitrogen and oxygen atoms in total. The normalized spacial score (nSPS) is 11.5. The van der Waals surface area contributed by atoms with E-state index in [9.17, 15) is 13.2 Å². The number of halogens is 1. The minimum atomic E-state index is -3.91. The van der Waals surface area contributed by atoms with Gasteiger partial charge in [0.05, 0.1) is 23.3 Å². The van der Waals surface area contributed by atoms with E-state index in [2.05, 4.69) is 15.0 Å². The zero-order valence-corrected chi connectivity index (χ0v) is 12.2. The van der Waals surface area contributed by atoms with E-state index in [1.807, 2.05) is 0 Å².